The minimum Gasteiger partial charge on any atom is -0.388 e. The van der Waals surface area contributed by atoms with Gasteiger partial charge in [-0.15, -0.1) is 0 Å². The molecular weight excluding hydrogens is 282 g/mol. The summed E-state index contributed by atoms with van der Waals surface area (Å²) in [6.07, 6.45) is 2.15. The SMILES string of the molecule is CN1CCc2ccc(NC(=O)NCC3(O)CCOCC3)cc21. The molecule has 6 heteroatoms. The summed E-state index contributed by atoms with van der Waals surface area (Å²) < 4.78 is 5.23. The molecular formula is C16H23N3O3. The fourth-order valence-electron chi connectivity index (χ4n) is 2.97. The van der Waals surface area contributed by atoms with Crippen molar-refractivity contribution >= 4 is 17.4 Å². The van der Waals surface area contributed by atoms with Crippen LogP contribution in [0.15, 0.2) is 18.2 Å². The molecule has 0 aliphatic carbocycles. The van der Waals surface area contributed by atoms with E-state index in [-0.39, 0.29) is 12.6 Å². The van der Waals surface area contributed by atoms with Crippen LogP contribution in [0.2, 0.25) is 0 Å². The normalized spacial score (nSPS) is 19.6. The van der Waals surface area contributed by atoms with Gasteiger partial charge in [-0.2, -0.15) is 0 Å². The number of urea groups is 1. The average Bonchev–Trinajstić information content (AvgIpc) is 2.87. The van der Waals surface area contributed by atoms with Gasteiger partial charge in [-0.25, -0.2) is 4.79 Å². The second kappa shape index (κ2) is 6.14. The van der Waals surface area contributed by atoms with Gasteiger partial charge in [0.2, 0.25) is 0 Å². The number of ether oxygens (including phenoxy) is 1. The van der Waals surface area contributed by atoms with E-state index in [9.17, 15) is 9.90 Å². The molecule has 120 valence electrons. The third-order valence-electron chi connectivity index (χ3n) is 4.47. The van der Waals surface area contributed by atoms with Crippen LogP contribution in [0.4, 0.5) is 16.2 Å². The Bertz CT molecular complexity index is 556. The standard InChI is InChI=1S/C16H23N3O3/c1-19-7-4-12-2-3-13(10-14(12)19)18-15(20)17-11-16(21)5-8-22-9-6-16/h2-3,10,21H,4-9,11H2,1H3,(H2,17,18,20). The number of benzene rings is 1. The molecule has 0 spiro atoms. The molecule has 1 fully saturated rings. The van der Waals surface area contributed by atoms with E-state index in [2.05, 4.69) is 28.6 Å². The number of nitrogens with one attached hydrogen (secondary N) is 2. The molecule has 2 heterocycles. The number of amides is 2. The van der Waals surface area contributed by atoms with Crippen LogP contribution in [0.3, 0.4) is 0 Å². The first-order valence-electron chi connectivity index (χ1n) is 7.75. The topological polar surface area (TPSA) is 73.8 Å². The Hall–Kier alpha value is -1.79. The number of hydrogen-bond donors (Lipinski definition) is 3. The molecule has 1 aromatic carbocycles. The molecule has 2 aliphatic heterocycles. The second-order valence-corrected chi connectivity index (χ2v) is 6.16. The average molecular weight is 305 g/mol. The van der Waals surface area contributed by atoms with Gasteiger partial charge in [-0.1, -0.05) is 6.07 Å². The smallest absolute Gasteiger partial charge is 0.319 e. The molecule has 0 saturated carbocycles. The summed E-state index contributed by atoms with van der Waals surface area (Å²) in [6.45, 7) is 2.33. The van der Waals surface area contributed by atoms with Crippen molar-refractivity contribution in [1.29, 1.82) is 0 Å². The number of carbonyl (C=O) groups excluding carboxylic acids is 1. The molecule has 0 bridgehead atoms. The highest BCUT2D eigenvalue weighted by Crippen LogP contribution is 2.29. The summed E-state index contributed by atoms with van der Waals surface area (Å²) in [5.41, 5.74) is 2.39. The molecule has 3 N–H and O–H groups in total. The zero-order chi connectivity index (χ0) is 15.6. The highest BCUT2D eigenvalue weighted by Gasteiger charge is 2.30. The molecule has 0 atom stereocenters. The highest BCUT2D eigenvalue weighted by molar-refractivity contribution is 5.90. The van der Waals surface area contributed by atoms with Gasteiger partial charge in [-0.3, -0.25) is 0 Å². The fourth-order valence-corrected chi connectivity index (χ4v) is 2.97. The van der Waals surface area contributed by atoms with Gasteiger partial charge in [-0.05, 0) is 24.1 Å². The third kappa shape index (κ3) is 3.34. The van der Waals surface area contributed by atoms with Gasteiger partial charge < -0.3 is 25.4 Å². The largest absolute Gasteiger partial charge is 0.388 e. The zero-order valence-corrected chi connectivity index (χ0v) is 12.9. The molecule has 22 heavy (non-hydrogen) atoms. The van der Waals surface area contributed by atoms with Gasteiger partial charge >= 0.3 is 6.03 Å². The quantitative estimate of drug-likeness (QED) is 0.788. The molecule has 0 aromatic heterocycles. The van der Waals surface area contributed by atoms with Crippen LogP contribution >= 0.6 is 0 Å². The maximum atomic E-state index is 12.0. The van der Waals surface area contributed by atoms with Crippen LogP contribution in [0, 0.1) is 0 Å². The highest BCUT2D eigenvalue weighted by atomic mass is 16.5. The van der Waals surface area contributed by atoms with E-state index in [0.29, 0.717) is 26.1 Å². The maximum Gasteiger partial charge on any atom is 0.319 e. The lowest BCUT2D eigenvalue weighted by Crippen LogP contribution is -2.47. The Labute approximate surface area is 130 Å². The molecule has 0 unspecified atom stereocenters. The van der Waals surface area contributed by atoms with Crippen LogP contribution in [0.25, 0.3) is 0 Å². The Morgan fingerprint density at radius 3 is 2.95 bits per heavy atom. The van der Waals surface area contributed by atoms with Gasteiger partial charge in [0.1, 0.15) is 0 Å². The third-order valence-corrected chi connectivity index (χ3v) is 4.47. The Morgan fingerprint density at radius 2 is 2.18 bits per heavy atom. The minimum absolute atomic E-state index is 0.243. The van der Waals surface area contributed by atoms with Crippen molar-refractivity contribution in [2.75, 3.05) is 43.6 Å². The number of likely N-dealkylation sites (N-methyl/N-ethyl adjacent to an activating group) is 1. The number of anilines is 2. The van der Waals surface area contributed by atoms with Gasteiger partial charge in [0.15, 0.2) is 0 Å². The lowest BCUT2D eigenvalue weighted by Gasteiger charge is -2.32. The Morgan fingerprint density at radius 1 is 1.41 bits per heavy atom. The van der Waals surface area contributed by atoms with E-state index in [1.165, 1.54) is 11.3 Å². The molecule has 1 aromatic rings. The summed E-state index contributed by atoms with van der Waals surface area (Å²) >= 11 is 0. The van der Waals surface area contributed by atoms with Crippen LogP contribution in [-0.2, 0) is 11.2 Å². The van der Waals surface area contributed by atoms with E-state index < -0.39 is 5.60 Å². The molecule has 1 saturated heterocycles. The van der Waals surface area contributed by atoms with Crippen molar-refractivity contribution in [1.82, 2.24) is 5.32 Å². The summed E-state index contributed by atoms with van der Waals surface area (Å²) in [7, 11) is 2.05. The van der Waals surface area contributed by atoms with Crippen LogP contribution < -0.4 is 15.5 Å². The van der Waals surface area contributed by atoms with E-state index in [1.807, 2.05) is 12.1 Å². The number of carbonyl (C=O) groups is 1. The van der Waals surface area contributed by atoms with E-state index in [4.69, 9.17) is 4.74 Å². The van der Waals surface area contributed by atoms with Crippen molar-refractivity contribution in [2.24, 2.45) is 0 Å². The maximum absolute atomic E-state index is 12.0. The zero-order valence-electron chi connectivity index (χ0n) is 12.9. The van der Waals surface area contributed by atoms with Crippen LogP contribution in [0.1, 0.15) is 18.4 Å². The minimum atomic E-state index is -0.853. The molecule has 2 amide bonds. The first-order chi connectivity index (χ1) is 10.6. The summed E-state index contributed by atoms with van der Waals surface area (Å²) in [4.78, 5) is 14.2. The van der Waals surface area contributed by atoms with Gasteiger partial charge in [0.25, 0.3) is 0 Å². The van der Waals surface area contributed by atoms with Crippen LogP contribution in [0.5, 0.6) is 0 Å². The van der Waals surface area contributed by atoms with E-state index in [0.717, 1.165) is 18.7 Å². The first kappa shape index (κ1) is 15.1. The van der Waals surface area contributed by atoms with Crippen molar-refractivity contribution in [3.05, 3.63) is 23.8 Å². The monoisotopic (exact) mass is 305 g/mol. The summed E-state index contributed by atoms with van der Waals surface area (Å²) in [6, 6.07) is 5.67. The fraction of sp³-hybridized carbons (Fsp3) is 0.562. The molecule has 3 rings (SSSR count). The Kier molecular flexibility index (Phi) is 4.22. The summed E-state index contributed by atoms with van der Waals surface area (Å²) in [5.74, 6) is 0. The number of hydrogen-bond acceptors (Lipinski definition) is 4. The summed E-state index contributed by atoms with van der Waals surface area (Å²) in [5, 5.41) is 15.9. The number of fused-ring (bicyclic) bond motifs is 1. The van der Waals surface area contributed by atoms with Crippen molar-refractivity contribution in [2.45, 2.75) is 24.9 Å². The molecule has 2 aliphatic rings. The van der Waals surface area contributed by atoms with Gasteiger partial charge in [0, 0.05) is 57.6 Å². The Balaban J connectivity index is 1.55. The van der Waals surface area contributed by atoms with Crippen molar-refractivity contribution < 1.29 is 14.6 Å². The lowest BCUT2D eigenvalue weighted by atomic mass is 9.94. The number of nitrogens with zero attached hydrogens (tertiary/aromatic N) is 1. The lowest BCUT2D eigenvalue weighted by molar-refractivity contribution is -0.0598. The molecule has 0 radical (unpaired) electrons. The van der Waals surface area contributed by atoms with Crippen molar-refractivity contribution in [3.63, 3.8) is 0 Å². The van der Waals surface area contributed by atoms with Gasteiger partial charge in [0.05, 0.1) is 5.60 Å². The predicted molar refractivity (Wildman–Crippen MR) is 85.4 cm³/mol. The van der Waals surface area contributed by atoms with Crippen LogP contribution in [-0.4, -0.2) is 50.1 Å². The molecule has 6 nitrogen and oxygen atoms in total. The first-order valence-corrected chi connectivity index (χ1v) is 7.75. The number of rotatable bonds is 3. The van der Waals surface area contributed by atoms with Crippen molar-refractivity contribution in [3.8, 4) is 0 Å². The number of aliphatic hydroxyl groups is 1. The van der Waals surface area contributed by atoms with E-state index in [1.54, 1.807) is 0 Å². The second-order valence-electron chi connectivity index (χ2n) is 6.16. The van der Waals surface area contributed by atoms with E-state index >= 15 is 0 Å². The predicted octanol–water partition coefficient (Wildman–Crippen LogP) is 1.34.